The molecule has 0 amide bonds. The molecule has 0 saturated heterocycles. The summed E-state index contributed by atoms with van der Waals surface area (Å²) in [6, 6.07) is 16.3. The zero-order chi connectivity index (χ0) is 20.8. The maximum Gasteiger partial charge on any atom is 0.387 e. The normalized spacial score (nSPS) is 11.1. The molecule has 7 heteroatoms. The number of halogens is 2. The number of alkyl halides is 2. The van der Waals surface area contributed by atoms with Crippen molar-refractivity contribution in [2.75, 3.05) is 6.61 Å². The summed E-state index contributed by atoms with van der Waals surface area (Å²) in [7, 11) is 0. The van der Waals surface area contributed by atoms with Gasteiger partial charge in [0.05, 0.1) is 5.56 Å². The number of hydrogen-bond donors (Lipinski definition) is 1. The molecule has 3 rings (SSSR count). The van der Waals surface area contributed by atoms with Crippen molar-refractivity contribution in [2.24, 2.45) is 0 Å². The number of carboxylic acids is 1. The first-order valence-electron chi connectivity index (χ1n) is 8.57. The molecular formula is C22H16F2O5. The number of carbonyl (C=O) groups is 2. The van der Waals surface area contributed by atoms with Gasteiger partial charge >= 0.3 is 12.6 Å². The standard InChI is InChI=1S/C22H16F2O5/c23-22(24)29-21-17-4-2-1-3-15(17)8-11-18(21)19(25)12-7-14-5-9-16(10-6-14)28-13-20(26)27/h1-12,22H,13H2,(H,26,27)/b12-7+. The summed E-state index contributed by atoms with van der Waals surface area (Å²) in [5.74, 6) is -1.36. The average Bonchev–Trinajstić information content (AvgIpc) is 2.71. The Morgan fingerprint density at radius 2 is 1.72 bits per heavy atom. The predicted octanol–water partition coefficient (Wildman–Crippen LogP) is 4.80. The van der Waals surface area contributed by atoms with E-state index in [1.54, 1.807) is 54.6 Å². The third-order valence-corrected chi connectivity index (χ3v) is 4.02. The first-order chi connectivity index (χ1) is 13.9. The molecule has 0 atom stereocenters. The lowest BCUT2D eigenvalue weighted by molar-refractivity contribution is -0.139. The zero-order valence-electron chi connectivity index (χ0n) is 15.0. The molecule has 29 heavy (non-hydrogen) atoms. The first kappa shape index (κ1) is 20.0. The number of hydrogen-bond acceptors (Lipinski definition) is 4. The Hall–Kier alpha value is -3.74. The van der Waals surface area contributed by atoms with E-state index in [0.717, 1.165) is 0 Å². The van der Waals surface area contributed by atoms with Crippen molar-refractivity contribution in [1.29, 1.82) is 0 Å². The molecule has 0 saturated carbocycles. The highest BCUT2D eigenvalue weighted by atomic mass is 19.3. The molecule has 5 nitrogen and oxygen atoms in total. The van der Waals surface area contributed by atoms with Gasteiger partial charge in [-0.2, -0.15) is 8.78 Å². The van der Waals surface area contributed by atoms with E-state index in [0.29, 0.717) is 22.1 Å². The van der Waals surface area contributed by atoms with Gasteiger partial charge in [-0.25, -0.2) is 4.79 Å². The Labute approximate surface area is 164 Å². The Kier molecular flexibility index (Phi) is 6.19. The Bertz CT molecular complexity index is 1060. The van der Waals surface area contributed by atoms with Gasteiger partial charge in [-0.1, -0.05) is 48.5 Å². The van der Waals surface area contributed by atoms with Crippen LogP contribution in [-0.2, 0) is 4.79 Å². The van der Waals surface area contributed by atoms with Gasteiger partial charge < -0.3 is 14.6 Å². The van der Waals surface area contributed by atoms with Crippen LogP contribution in [0.4, 0.5) is 8.78 Å². The van der Waals surface area contributed by atoms with Crippen molar-refractivity contribution in [3.05, 3.63) is 77.9 Å². The summed E-state index contributed by atoms with van der Waals surface area (Å²) in [5.41, 5.74) is 0.680. The average molecular weight is 398 g/mol. The van der Waals surface area contributed by atoms with Crippen LogP contribution in [-0.4, -0.2) is 30.1 Å². The first-order valence-corrected chi connectivity index (χ1v) is 8.57. The van der Waals surface area contributed by atoms with Crippen molar-refractivity contribution < 1.29 is 33.0 Å². The van der Waals surface area contributed by atoms with Gasteiger partial charge in [-0.05, 0) is 35.2 Å². The van der Waals surface area contributed by atoms with Crippen LogP contribution in [0.5, 0.6) is 11.5 Å². The highest BCUT2D eigenvalue weighted by Crippen LogP contribution is 2.32. The molecule has 0 aliphatic carbocycles. The van der Waals surface area contributed by atoms with Gasteiger partial charge in [0.1, 0.15) is 11.5 Å². The second-order valence-corrected chi connectivity index (χ2v) is 5.99. The topological polar surface area (TPSA) is 72.8 Å². The number of carboxylic acid groups (broad SMARTS) is 1. The highest BCUT2D eigenvalue weighted by molar-refractivity contribution is 6.12. The number of allylic oxidation sites excluding steroid dienone is 1. The molecule has 0 heterocycles. The van der Waals surface area contributed by atoms with Crippen LogP contribution in [0.1, 0.15) is 15.9 Å². The maximum atomic E-state index is 12.9. The molecule has 0 fully saturated rings. The van der Waals surface area contributed by atoms with Crippen LogP contribution in [0.3, 0.4) is 0 Å². The van der Waals surface area contributed by atoms with Crippen molar-refractivity contribution in [3.63, 3.8) is 0 Å². The van der Waals surface area contributed by atoms with Gasteiger partial charge in [-0.3, -0.25) is 4.79 Å². The quantitative estimate of drug-likeness (QED) is 0.436. The summed E-state index contributed by atoms with van der Waals surface area (Å²) < 4.78 is 35.5. The molecular weight excluding hydrogens is 382 g/mol. The fourth-order valence-electron chi connectivity index (χ4n) is 2.74. The number of rotatable bonds is 8. The number of aliphatic carboxylic acids is 1. The largest absolute Gasteiger partial charge is 0.482 e. The van der Waals surface area contributed by atoms with E-state index in [4.69, 9.17) is 9.84 Å². The van der Waals surface area contributed by atoms with E-state index in [2.05, 4.69) is 4.74 Å². The van der Waals surface area contributed by atoms with Gasteiger partial charge in [0.25, 0.3) is 0 Å². The van der Waals surface area contributed by atoms with E-state index in [1.807, 2.05) is 0 Å². The number of ketones is 1. The minimum Gasteiger partial charge on any atom is -0.482 e. The summed E-state index contributed by atoms with van der Waals surface area (Å²) in [6.07, 6.45) is 2.78. The van der Waals surface area contributed by atoms with Crippen molar-refractivity contribution in [2.45, 2.75) is 6.61 Å². The lowest BCUT2D eigenvalue weighted by atomic mass is 10.0. The zero-order valence-corrected chi connectivity index (χ0v) is 15.0. The number of ether oxygens (including phenoxy) is 2. The fraction of sp³-hybridized carbons (Fsp3) is 0.0909. The number of fused-ring (bicyclic) bond motifs is 1. The Morgan fingerprint density at radius 1 is 1.00 bits per heavy atom. The van der Waals surface area contributed by atoms with E-state index < -0.39 is 25.0 Å². The predicted molar refractivity (Wildman–Crippen MR) is 104 cm³/mol. The molecule has 1 N–H and O–H groups in total. The van der Waals surface area contributed by atoms with Gasteiger partial charge in [0, 0.05) is 5.39 Å². The van der Waals surface area contributed by atoms with Crippen molar-refractivity contribution in [1.82, 2.24) is 0 Å². The third-order valence-electron chi connectivity index (χ3n) is 4.02. The van der Waals surface area contributed by atoms with Crippen LogP contribution in [0, 0.1) is 0 Å². The Morgan fingerprint density at radius 3 is 2.41 bits per heavy atom. The molecule has 0 aliphatic rings. The monoisotopic (exact) mass is 398 g/mol. The molecule has 3 aromatic rings. The highest BCUT2D eigenvalue weighted by Gasteiger charge is 2.17. The van der Waals surface area contributed by atoms with E-state index in [-0.39, 0.29) is 11.3 Å². The summed E-state index contributed by atoms with van der Waals surface area (Å²) in [6.45, 7) is -3.52. The van der Waals surface area contributed by atoms with Crippen LogP contribution < -0.4 is 9.47 Å². The van der Waals surface area contributed by atoms with Crippen LogP contribution >= 0.6 is 0 Å². The second-order valence-electron chi connectivity index (χ2n) is 5.99. The minimum atomic E-state index is -3.06. The lowest BCUT2D eigenvalue weighted by Crippen LogP contribution is -2.09. The Balaban J connectivity index is 1.83. The molecule has 0 aromatic heterocycles. The second kappa shape index (κ2) is 8.97. The lowest BCUT2D eigenvalue weighted by Gasteiger charge is -2.12. The van der Waals surface area contributed by atoms with Crippen LogP contribution in [0.25, 0.3) is 16.8 Å². The number of carbonyl (C=O) groups excluding carboxylic acids is 1. The van der Waals surface area contributed by atoms with Crippen molar-refractivity contribution in [3.8, 4) is 11.5 Å². The summed E-state index contributed by atoms with van der Waals surface area (Å²) >= 11 is 0. The van der Waals surface area contributed by atoms with E-state index in [9.17, 15) is 18.4 Å². The smallest absolute Gasteiger partial charge is 0.387 e. The molecule has 0 unspecified atom stereocenters. The molecule has 148 valence electrons. The van der Waals surface area contributed by atoms with Crippen LogP contribution in [0.2, 0.25) is 0 Å². The maximum absolute atomic E-state index is 12.9. The molecule has 3 aromatic carbocycles. The summed E-state index contributed by atoms with van der Waals surface area (Å²) in [5, 5.41) is 9.70. The molecule has 0 radical (unpaired) electrons. The SMILES string of the molecule is O=C(O)COc1ccc(/C=C/C(=O)c2ccc3ccccc3c2OC(F)F)cc1. The summed E-state index contributed by atoms with van der Waals surface area (Å²) in [4.78, 5) is 23.1. The molecule has 0 spiro atoms. The van der Waals surface area contributed by atoms with Gasteiger partial charge in [-0.15, -0.1) is 0 Å². The van der Waals surface area contributed by atoms with Crippen LogP contribution in [0.15, 0.2) is 66.7 Å². The van der Waals surface area contributed by atoms with Gasteiger partial charge in [0.15, 0.2) is 12.4 Å². The van der Waals surface area contributed by atoms with Gasteiger partial charge in [0.2, 0.25) is 0 Å². The molecule has 0 aliphatic heterocycles. The fourth-order valence-corrected chi connectivity index (χ4v) is 2.74. The third kappa shape index (κ3) is 5.16. The van der Waals surface area contributed by atoms with Crippen molar-refractivity contribution >= 4 is 28.6 Å². The van der Waals surface area contributed by atoms with E-state index >= 15 is 0 Å². The minimum absolute atomic E-state index is 0.0293. The van der Waals surface area contributed by atoms with E-state index in [1.165, 1.54) is 18.2 Å². The number of benzene rings is 3. The molecule has 0 bridgehead atoms.